The smallest absolute Gasteiger partial charge is 0.257 e. The number of nitrogens with zero attached hydrogens (tertiary/aromatic N) is 5. The fraction of sp³-hybridized carbons (Fsp3) is 0.538. The van der Waals surface area contributed by atoms with E-state index in [-0.39, 0.29) is 18.4 Å². The maximum atomic E-state index is 12.6. The molecule has 0 saturated carbocycles. The highest BCUT2D eigenvalue weighted by Gasteiger charge is 2.28. The molecule has 1 amide bonds. The third kappa shape index (κ3) is 2.03. The number of rotatable bonds is 3. The number of hydrogen-bond donors (Lipinski definition) is 1. The summed E-state index contributed by atoms with van der Waals surface area (Å²) >= 11 is 0. The van der Waals surface area contributed by atoms with Crippen LogP contribution in [0, 0.1) is 5.92 Å². The van der Waals surface area contributed by atoms with Crippen molar-refractivity contribution in [3.63, 3.8) is 0 Å². The average Bonchev–Trinajstić information content (AvgIpc) is 3.13. The summed E-state index contributed by atoms with van der Waals surface area (Å²) in [4.78, 5) is 22.6. The molecule has 1 fully saturated rings. The second kappa shape index (κ2) is 5.16. The Morgan fingerprint density at radius 3 is 3.05 bits per heavy atom. The molecule has 1 aliphatic rings. The molecule has 0 aliphatic carbocycles. The van der Waals surface area contributed by atoms with Gasteiger partial charge in [0, 0.05) is 31.8 Å². The first-order valence-electron chi connectivity index (χ1n) is 6.82. The van der Waals surface area contributed by atoms with Gasteiger partial charge in [-0.1, -0.05) is 6.92 Å². The molecular formula is C13H17N5O2. The van der Waals surface area contributed by atoms with Crippen LogP contribution in [0.25, 0.3) is 5.78 Å². The molecule has 20 heavy (non-hydrogen) atoms. The zero-order valence-electron chi connectivity index (χ0n) is 11.4. The van der Waals surface area contributed by atoms with Crippen LogP contribution in [0.3, 0.4) is 0 Å². The summed E-state index contributed by atoms with van der Waals surface area (Å²) in [6.07, 6.45) is 4.55. The van der Waals surface area contributed by atoms with Crippen LogP contribution >= 0.6 is 0 Å². The zero-order valence-corrected chi connectivity index (χ0v) is 11.4. The van der Waals surface area contributed by atoms with Gasteiger partial charge in [-0.15, -0.1) is 0 Å². The molecule has 2 aromatic heterocycles. The average molecular weight is 275 g/mol. The minimum absolute atomic E-state index is 0.0392. The third-order valence-electron chi connectivity index (χ3n) is 3.80. The van der Waals surface area contributed by atoms with Crippen molar-refractivity contribution in [3.8, 4) is 0 Å². The molecule has 1 N–H and O–H groups in total. The van der Waals surface area contributed by atoms with Gasteiger partial charge in [-0.2, -0.15) is 10.1 Å². The molecule has 7 nitrogen and oxygen atoms in total. The molecule has 1 unspecified atom stereocenters. The Bertz CT molecular complexity index is 639. The summed E-state index contributed by atoms with van der Waals surface area (Å²) in [6, 6.07) is 0. The molecule has 1 saturated heterocycles. The van der Waals surface area contributed by atoms with Gasteiger partial charge < -0.3 is 10.0 Å². The van der Waals surface area contributed by atoms with Gasteiger partial charge in [0.05, 0.1) is 11.3 Å². The molecule has 0 bridgehead atoms. The second-order valence-electron chi connectivity index (χ2n) is 5.03. The van der Waals surface area contributed by atoms with Gasteiger partial charge in [0.25, 0.3) is 11.7 Å². The van der Waals surface area contributed by atoms with Crippen molar-refractivity contribution >= 4 is 11.7 Å². The lowest BCUT2D eigenvalue weighted by molar-refractivity contribution is 0.0779. The Labute approximate surface area is 116 Å². The first-order valence-corrected chi connectivity index (χ1v) is 6.82. The summed E-state index contributed by atoms with van der Waals surface area (Å²) in [5.41, 5.74) is 1.40. The van der Waals surface area contributed by atoms with Crippen molar-refractivity contribution in [1.29, 1.82) is 0 Å². The van der Waals surface area contributed by atoms with Crippen molar-refractivity contribution in [3.05, 3.63) is 23.8 Å². The highest BCUT2D eigenvalue weighted by atomic mass is 16.3. The van der Waals surface area contributed by atoms with E-state index >= 15 is 0 Å². The fourth-order valence-corrected chi connectivity index (χ4v) is 2.68. The van der Waals surface area contributed by atoms with Crippen LogP contribution in [0.15, 0.2) is 12.5 Å². The van der Waals surface area contributed by atoms with Crippen LogP contribution in [-0.4, -0.2) is 55.2 Å². The number of carbonyl (C=O) groups excluding carboxylic acids is 1. The number of aliphatic hydroxyl groups excluding tert-OH is 1. The molecule has 2 aromatic rings. The van der Waals surface area contributed by atoms with E-state index < -0.39 is 0 Å². The quantitative estimate of drug-likeness (QED) is 0.861. The molecule has 0 spiro atoms. The van der Waals surface area contributed by atoms with E-state index in [4.69, 9.17) is 0 Å². The van der Waals surface area contributed by atoms with Gasteiger partial charge in [-0.25, -0.2) is 9.50 Å². The van der Waals surface area contributed by atoms with Crippen molar-refractivity contribution in [2.75, 3.05) is 19.7 Å². The Hall–Kier alpha value is -2.02. The predicted molar refractivity (Wildman–Crippen MR) is 71.3 cm³/mol. The SMILES string of the molecule is CCc1c(C(=O)N2CCC(CO)C2)cnc2ncnn12. The predicted octanol–water partition coefficient (Wildman–Crippen LogP) is 0.141. The molecule has 0 aromatic carbocycles. The number of aryl methyl sites for hydroxylation is 1. The molecule has 0 radical (unpaired) electrons. The molecule has 106 valence electrons. The Morgan fingerprint density at radius 1 is 1.50 bits per heavy atom. The minimum atomic E-state index is -0.0392. The van der Waals surface area contributed by atoms with Gasteiger partial charge in [0.15, 0.2) is 0 Å². The Morgan fingerprint density at radius 2 is 2.35 bits per heavy atom. The first-order chi connectivity index (χ1) is 9.74. The van der Waals surface area contributed by atoms with Crippen LogP contribution in [0.4, 0.5) is 0 Å². The number of carbonyl (C=O) groups is 1. The summed E-state index contributed by atoms with van der Waals surface area (Å²) in [5.74, 6) is 0.655. The lowest BCUT2D eigenvalue weighted by Crippen LogP contribution is -2.30. The first kappa shape index (κ1) is 13.0. The largest absolute Gasteiger partial charge is 0.396 e. The lowest BCUT2D eigenvalue weighted by Gasteiger charge is -2.18. The van der Waals surface area contributed by atoms with Gasteiger partial charge in [0.2, 0.25) is 0 Å². The van der Waals surface area contributed by atoms with Crippen LogP contribution in [0.5, 0.6) is 0 Å². The maximum Gasteiger partial charge on any atom is 0.257 e. The second-order valence-corrected chi connectivity index (χ2v) is 5.03. The topological polar surface area (TPSA) is 83.6 Å². The van der Waals surface area contributed by atoms with E-state index in [9.17, 15) is 9.90 Å². The molecule has 1 aliphatic heterocycles. The Kier molecular flexibility index (Phi) is 3.35. The van der Waals surface area contributed by atoms with Crippen LogP contribution in [0.1, 0.15) is 29.4 Å². The molecule has 3 heterocycles. The van der Waals surface area contributed by atoms with Crippen LogP contribution in [-0.2, 0) is 6.42 Å². The van der Waals surface area contributed by atoms with E-state index in [1.807, 2.05) is 6.92 Å². The maximum absolute atomic E-state index is 12.6. The summed E-state index contributed by atoms with van der Waals surface area (Å²) in [7, 11) is 0. The van der Waals surface area contributed by atoms with E-state index in [0.29, 0.717) is 30.9 Å². The lowest BCUT2D eigenvalue weighted by atomic mass is 10.1. The summed E-state index contributed by atoms with van der Waals surface area (Å²) in [6.45, 7) is 3.40. The van der Waals surface area contributed by atoms with Crippen LogP contribution < -0.4 is 0 Å². The monoisotopic (exact) mass is 275 g/mol. The number of aromatic nitrogens is 4. The van der Waals surface area contributed by atoms with E-state index in [1.165, 1.54) is 6.33 Å². The summed E-state index contributed by atoms with van der Waals surface area (Å²) in [5, 5.41) is 13.3. The molecular weight excluding hydrogens is 258 g/mol. The number of amides is 1. The third-order valence-corrected chi connectivity index (χ3v) is 3.80. The summed E-state index contributed by atoms with van der Waals surface area (Å²) < 4.78 is 1.62. The highest BCUT2D eigenvalue weighted by molar-refractivity contribution is 5.95. The minimum Gasteiger partial charge on any atom is -0.396 e. The van der Waals surface area contributed by atoms with Crippen molar-refractivity contribution < 1.29 is 9.90 Å². The molecule has 7 heteroatoms. The standard InChI is InChI=1S/C13H17N5O2/c1-2-11-10(5-14-13-15-8-16-18(11)13)12(20)17-4-3-9(6-17)7-19/h5,8-9,19H,2-4,6-7H2,1H3. The van der Waals surface area contributed by atoms with E-state index in [2.05, 4.69) is 15.1 Å². The van der Waals surface area contributed by atoms with E-state index in [1.54, 1.807) is 15.6 Å². The highest BCUT2D eigenvalue weighted by Crippen LogP contribution is 2.20. The zero-order chi connectivity index (χ0) is 14.1. The van der Waals surface area contributed by atoms with Gasteiger partial charge in [-0.05, 0) is 12.8 Å². The van der Waals surface area contributed by atoms with Crippen LogP contribution in [0.2, 0.25) is 0 Å². The van der Waals surface area contributed by atoms with Gasteiger partial charge in [0.1, 0.15) is 6.33 Å². The van der Waals surface area contributed by atoms with Crippen molar-refractivity contribution in [1.82, 2.24) is 24.5 Å². The Balaban J connectivity index is 1.95. The fourth-order valence-electron chi connectivity index (χ4n) is 2.68. The number of likely N-dealkylation sites (tertiary alicyclic amines) is 1. The van der Waals surface area contributed by atoms with Gasteiger partial charge in [-0.3, -0.25) is 4.79 Å². The van der Waals surface area contributed by atoms with Crippen molar-refractivity contribution in [2.45, 2.75) is 19.8 Å². The van der Waals surface area contributed by atoms with Gasteiger partial charge >= 0.3 is 0 Å². The van der Waals surface area contributed by atoms with E-state index in [0.717, 1.165) is 12.1 Å². The normalized spacial score (nSPS) is 18.9. The number of aliphatic hydroxyl groups is 1. The number of hydrogen-bond acceptors (Lipinski definition) is 5. The molecule has 1 atom stereocenters. The van der Waals surface area contributed by atoms with Crippen molar-refractivity contribution in [2.24, 2.45) is 5.92 Å². The molecule has 3 rings (SSSR count). The number of fused-ring (bicyclic) bond motifs is 1.